The Bertz CT molecular complexity index is 538. The van der Waals surface area contributed by atoms with Gasteiger partial charge in [-0.25, -0.2) is 4.39 Å². The first-order valence-corrected chi connectivity index (χ1v) is 7.91. The fourth-order valence-corrected chi connectivity index (χ4v) is 3.87. The summed E-state index contributed by atoms with van der Waals surface area (Å²) in [5, 5.41) is 21.2. The monoisotopic (exact) mass is 289 g/mol. The van der Waals surface area contributed by atoms with Gasteiger partial charge in [0, 0.05) is 0 Å². The minimum atomic E-state index is -1.28. The summed E-state index contributed by atoms with van der Waals surface area (Å²) in [6.07, 6.45) is 4.88. The molecule has 0 amide bonds. The van der Waals surface area contributed by atoms with Gasteiger partial charge in [-0.3, -0.25) is 0 Å². The third-order valence-electron chi connectivity index (χ3n) is 5.25. The molecule has 0 aliphatic heterocycles. The zero-order valence-electron chi connectivity index (χ0n) is 12.9. The van der Waals surface area contributed by atoms with E-state index < -0.39 is 11.0 Å². The third kappa shape index (κ3) is 2.70. The number of rotatable bonds is 4. The number of nitriles is 1. The summed E-state index contributed by atoms with van der Waals surface area (Å²) in [6, 6.07) is 8.51. The third-order valence-corrected chi connectivity index (χ3v) is 5.25. The first-order valence-electron chi connectivity index (χ1n) is 7.91. The number of hydrogen-bond acceptors (Lipinski definition) is 2. The van der Waals surface area contributed by atoms with Gasteiger partial charge in [-0.15, -0.1) is 0 Å². The van der Waals surface area contributed by atoms with Gasteiger partial charge in [-0.1, -0.05) is 45.2 Å². The molecule has 1 fully saturated rings. The Morgan fingerprint density at radius 3 is 2.81 bits per heavy atom. The van der Waals surface area contributed by atoms with Gasteiger partial charge in [0.25, 0.3) is 0 Å². The molecule has 0 heterocycles. The molecule has 1 N–H and O–H groups in total. The van der Waals surface area contributed by atoms with Gasteiger partial charge in [-0.05, 0) is 42.9 Å². The molecule has 114 valence electrons. The van der Waals surface area contributed by atoms with E-state index >= 15 is 0 Å². The first kappa shape index (κ1) is 16.0. The van der Waals surface area contributed by atoms with Crippen molar-refractivity contribution in [2.45, 2.75) is 58.0 Å². The second-order valence-electron chi connectivity index (χ2n) is 6.29. The molecule has 0 bridgehead atoms. The number of halogens is 1. The molecule has 1 saturated carbocycles. The van der Waals surface area contributed by atoms with Crippen molar-refractivity contribution >= 4 is 0 Å². The summed E-state index contributed by atoms with van der Waals surface area (Å²) >= 11 is 0. The van der Waals surface area contributed by atoms with Crippen LogP contribution >= 0.6 is 0 Å². The molecule has 1 aliphatic carbocycles. The lowest BCUT2D eigenvalue weighted by Gasteiger charge is -2.47. The van der Waals surface area contributed by atoms with Crippen molar-refractivity contribution in [3.63, 3.8) is 0 Å². The summed E-state index contributed by atoms with van der Waals surface area (Å²) in [6.45, 7) is 4.00. The Labute approximate surface area is 126 Å². The molecular formula is C18H24FNO. The van der Waals surface area contributed by atoms with E-state index in [2.05, 4.69) is 13.0 Å². The smallest absolute Gasteiger partial charge is 0.123 e. The van der Waals surface area contributed by atoms with Crippen LogP contribution < -0.4 is 0 Å². The van der Waals surface area contributed by atoms with Crippen LogP contribution in [0, 0.1) is 28.5 Å². The Morgan fingerprint density at radius 2 is 2.24 bits per heavy atom. The summed E-state index contributed by atoms with van der Waals surface area (Å²) in [7, 11) is 0. The van der Waals surface area contributed by atoms with Crippen LogP contribution in [0.4, 0.5) is 4.39 Å². The molecule has 3 heteroatoms. The van der Waals surface area contributed by atoms with Crippen molar-refractivity contribution in [2.75, 3.05) is 0 Å². The predicted octanol–water partition coefficient (Wildman–Crippen LogP) is 4.53. The molecule has 2 rings (SSSR count). The first-order chi connectivity index (χ1) is 10.0. The SMILES string of the molecule is CCC1CCCC(C#N)(C(O)(CC)c2cccc(F)c2)C1. The van der Waals surface area contributed by atoms with E-state index in [0.717, 1.165) is 19.3 Å². The highest BCUT2D eigenvalue weighted by molar-refractivity contribution is 5.30. The highest BCUT2D eigenvalue weighted by atomic mass is 19.1. The van der Waals surface area contributed by atoms with Crippen LogP contribution in [0.1, 0.15) is 57.9 Å². The minimum absolute atomic E-state index is 0.365. The van der Waals surface area contributed by atoms with Gasteiger partial charge >= 0.3 is 0 Å². The molecule has 1 aliphatic rings. The second-order valence-corrected chi connectivity index (χ2v) is 6.29. The maximum Gasteiger partial charge on any atom is 0.123 e. The van der Waals surface area contributed by atoms with E-state index in [-0.39, 0.29) is 5.82 Å². The van der Waals surface area contributed by atoms with Gasteiger partial charge in [-0.2, -0.15) is 5.26 Å². The van der Waals surface area contributed by atoms with Crippen molar-refractivity contribution in [2.24, 2.45) is 11.3 Å². The van der Waals surface area contributed by atoms with Gasteiger partial charge in [0.15, 0.2) is 0 Å². The van der Waals surface area contributed by atoms with Crippen LogP contribution in [-0.2, 0) is 5.60 Å². The average molecular weight is 289 g/mol. The molecule has 3 unspecified atom stereocenters. The summed E-state index contributed by atoms with van der Waals surface area (Å²) in [5.74, 6) is 0.0975. The quantitative estimate of drug-likeness (QED) is 0.884. The van der Waals surface area contributed by atoms with Crippen molar-refractivity contribution in [1.82, 2.24) is 0 Å². The largest absolute Gasteiger partial charge is 0.383 e. The van der Waals surface area contributed by atoms with E-state index in [9.17, 15) is 14.8 Å². The maximum absolute atomic E-state index is 13.6. The summed E-state index contributed by atoms with van der Waals surface area (Å²) < 4.78 is 13.6. The van der Waals surface area contributed by atoms with Crippen molar-refractivity contribution in [1.29, 1.82) is 5.26 Å². The molecule has 1 aromatic rings. The Kier molecular flexibility index (Phi) is 4.68. The van der Waals surface area contributed by atoms with Crippen molar-refractivity contribution in [3.8, 4) is 6.07 Å². The standard InChI is InChI=1S/C18H24FNO/c1-3-14-7-6-10-17(12-14,13-20)18(21,4-2)15-8-5-9-16(19)11-15/h5,8-9,11,14,21H,3-4,6-7,10,12H2,1-2H3. The lowest BCUT2D eigenvalue weighted by atomic mass is 9.58. The van der Waals surface area contributed by atoms with E-state index in [0.29, 0.717) is 30.7 Å². The maximum atomic E-state index is 13.6. The van der Waals surface area contributed by atoms with Crippen molar-refractivity contribution < 1.29 is 9.50 Å². The summed E-state index contributed by atoms with van der Waals surface area (Å²) in [4.78, 5) is 0. The molecule has 3 atom stereocenters. The van der Waals surface area contributed by atoms with Crippen LogP contribution in [0.5, 0.6) is 0 Å². The lowest BCUT2D eigenvalue weighted by molar-refractivity contribution is -0.0916. The van der Waals surface area contributed by atoms with Crippen molar-refractivity contribution in [3.05, 3.63) is 35.6 Å². The van der Waals surface area contributed by atoms with Gasteiger partial charge in [0.2, 0.25) is 0 Å². The van der Waals surface area contributed by atoms with Crippen LogP contribution in [0.25, 0.3) is 0 Å². The Hall–Kier alpha value is -1.40. The van der Waals surface area contributed by atoms with Gasteiger partial charge in [0.05, 0.1) is 11.5 Å². The number of aliphatic hydroxyl groups is 1. The molecule has 21 heavy (non-hydrogen) atoms. The summed E-state index contributed by atoms with van der Waals surface area (Å²) in [5.41, 5.74) is -1.56. The fraction of sp³-hybridized carbons (Fsp3) is 0.611. The van der Waals surface area contributed by atoms with E-state index in [1.807, 2.05) is 6.92 Å². The molecule has 0 spiro atoms. The van der Waals surface area contributed by atoms with E-state index in [1.165, 1.54) is 12.1 Å². The zero-order chi connectivity index (χ0) is 15.5. The van der Waals surface area contributed by atoms with Gasteiger partial charge in [0.1, 0.15) is 11.4 Å². The molecule has 0 radical (unpaired) electrons. The molecular weight excluding hydrogens is 265 g/mol. The minimum Gasteiger partial charge on any atom is -0.383 e. The Balaban J connectivity index is 2.48. The van der Waals surface area contributed by atoms with Gasteiger partial charge < -0.3 is 5.11 Å². The van der Waals surface area contributed by atoms with E-state index in [4.69, 9.17) is 0 Å². The highest BCUT2D eigenvalue weighted by Crippen LogP contribution is 2.53. The lowest BCUT2D eigenvalue weighted by Crippen LogP contribution is -2.47. The topological polar surface area (TPSA) is 44.0 Å². The van der Waals surface area contributed by atoms with Crippen LogP contribution in [0.15, 0.2) is 24.3 Å². The Morgan fingerprint density at radius 1 is 1.48 bits per heavy atom. The number of benzene rings is 1. The zero-order valence-corrected chi connectivity index (χ0v) is 12.9. The second kappa shape index (κ2) is 6.15. The molecule has 0 saturated heterocycles. The highest BCUT2D eigenvalue weighted by Gasteiger charge is 2.52. The normalized spacial score (nSPS) is 28.6. The number of nitrogens with zero attached hydrogens (tertiary/aromatic N) is 1. The predicted molar refractivity (Wildman–Crippen MR) is 80.9 cm³/mol. The number of hydrogen-bond donors (Lipinski definition) is 1. The molecule has 1 aromatic carbocycles. The average Bonchev–Trinajstić information content (AvgIpc) is 2.53. The van der Waals surface area contributed by atoms with E-state index in [1.54, 1.807) is 12.1 Å². The molecule has 2 nitrogen and oxygen atoms in total. The van der Waals surface area contributed by atoms with Crippen LogP contribution in [0.2, 0.25) is 0 Å². The fourth-order valence-electron chi connectivity index (χ4n) is 3.87. The molecule has 0 aromatic heterocycles. The van der Waals surface area contributed by atoms with Crippen LogP contribution in [-0.4, -0.2) is 5.11 Å². The van der Waals surface area contributed by atoms with Crippen LogP contribution in [0.3, 0.4) is 0 Å².